The molecule has 1 N–H and O–H groups in total. The van der Waals surface area contributed by atoms with E-state index in [2.05, 4.69) is 17.4 Å². The van der Waals surface area contributed by atoms with Crippen molar-refractivity contribution in [1.82, 2.24) is 5.32 Å². The maximum Gasteiger partial charge on any atom is 0.276 e. The second-order valence-electron chi connectivity index (χ2n) is 7.18. The van der Waals surface area contributed by atoms with Crippen LogP contribution in [0.2, 0.25) is 0 Å². The van der Waals surface area contributed by atoms with Gasteiger partial charge in [0.15, 0.2) is 11.5 Å². The van der Waals surface area contributed by atoms with E-state index in [-0.39, 0.29) is 11.6 Å². The fraction of sp³-hybridized carbons (Fsp3) is 0.409. The van der Waals surface area contributed by atoms with Gasteiger partial charge in [0.25, 0.3) is 5.69 Å². The van der Waals surface area contributed by atoms with Crippen molar-refractivity contribution in [2.45, 2.75) is 38.5 Å². The van der Waals surface area contributed by atoms with Crippen molar-refractivity contribution < 1.29 is 19.2 Å². The highest BCUT2D eigenvalue weighted by atomic mass is 16.6. The molecule has 2 aromatic carbocycles. The molecule has 0 heterocycles. The average molecular weight is 398 g/mol. The Morgan fingerprint density at radius 1 is 1.07 bits per heavy atom. The van der Waals surface area contributed by atoms with Gasteiger partial charge in [-0.15, -0.1) is 0 Å². The van der Waals surface area contributed by atoms with Crippen LogP contribution in [0, 0.1) is 10.1 Å². The van der Waals surface area contributed by atoms with Crippen LogP contribution in [-0.4, -0.2) is 31.6 Å². The van der Waals surface area contributed by atoms with Gasteiger partial charge in [-0.25, -0.2) is 0 Å². The Morgan fingerprint density at radius 3 is 2.45 bits per heavy atom. The van der Waals surface area contributed by atoms with Crippen molar-refractivity contribution in [2.75, 3.05) is 20.8 Å². The van der Waals surface area contributed by atoms with Crippen LogP contribution in [0.1, 0.15) is 35.1 Å². The van der Waals surface area contributed by atoms with Gasteiger partial charge >= 0.3 is 0 Å². The lowest BCUT2D eigenvalue weighted by Crippen LogP contribution is -2.27. The van der Waals surface area contributed by atoms with Gasteiger partial charge in [0.1, 0.15) is 0 Å². The quantitative estimate of drug-likeness (QED) is 0.544. The number of nitro benzene ring substituents is 1. The Hall–Kier alpha value is -3.09. The van der Waals surface area contributed by atoms with Crippen molar-refractivity contribution in [2.24, 2.45) is 0 Å². The number of hydrogen-bond acceptors (Lipinski definition) is 5. The standard InChI is InChI=1S/C22H26N2O5/c1-28-20-13-18(19(24(26)27)14-21(20)29-2)9-10-23-22(25)12-15-7-8-16-5-3-4-6-17(16)11-15/h7-8,11,13-14H,3-6,9-10,12H2,1-2H3,(H,23,25). The topological polar surface area (TPSA) is 90.7 Å². The lowest BCUT2D eigenvalue weighted by atomic mass is 9.90. The van der Waals surface area contributed by atoms with E-state index in [1.165, 1.54) is 44.3 Å². The van der Waals surface area contributed by atoms with Crippen LogP contribution in [0.15, 0.2) is 30.3 Å². The third-order valence-electron chi connectivity index (χ3n) is 5.28. The van der Waals surface area contributed by atoms with E-state index in [1.807, 2.05) is 6.07 Å². The SMILES string of the molecule is COc1cc(CCNC(=O)Cc2ccc3c(c2)CCCC3)c([N+](=O)[O-])cc1OC. The molecule has 1 aliphatic rings. The number of nitrogens with zero attached hydrogens (tertiary/aromatic N) is 1. The Kier molecular flexibility index (Phi) is 6.69. The molecule has 0 fully saturated rings. The highest BCUT2D eigenvalue weighted by Gasteiger charge is 2.19. The molecule has 7 nitrogen and oxygen atoms in total. The lowest BCUT2D eigenvalue weighted by molar-refractivity contribution is -0.385. The highest BCUT2D eigenvalue weighted by molar-refractivity contribution is 5.78. The summed E-state index contributed by atoms with van der Waals surface area (Å²) in [4.78, 5) is 23.2. The molecular formula is C22H26N2O5. The van der Waals surface area contributed by atoms with E-state index in [9.17, 15) is 14.9 Å². The summed E-state index contributed by atoms with van der Waals surface area (Å²) >= 11 is 0. The van der Waals surface area contributed by atoms with Gasteiger partial charge in [-0.2, -0.15) is 0 Å². The largest absolute Gasteiger partial charge is 0.493 e. The van der Waals surface area contributed by atoms with Crippen LogP contribution >= 0.6 is 0 Å². The Balaban J connectivity index is 1.60. The average Bonchev–Trinajstić information content (AvgIpc) is 2.73. The number of aryl methyl sites for hydroxylation is 2. The predicted molar refractivity (Wildman–Crippen MR) is 110 cm³/mol. The van der Waals surface area contributed by atoms with Crippen LogP contribution in [0.25, 0.3) is 0 Å². The van der Waals surface area contributed by atoms with Crippen molar-refractivity contribution in [1.29, 1.82) is 0 Å². The number of nitrogens with one attached hydrogen (secondary N) is 1. The molecule has 0 aromatic heterocycles. The van der Waals surface area contributed by atoms with Crippen LogP contribution in [-0.2, 0) is 30.5 Å². The zero-order chi connectivity index (χ0) is 20.8. The van der Waals surface area contributed by atoms with Crippen LogP contribution < -0.4 is 14.8 Å². The number of benzene rings is 2. The maximum absolute atomic E-state index is 12.3. The van der Waals surface area contributed by atoms with E-state index in [0.717, 1.165) is 18.4 Å². The molecule has 0 radical (unpaired) electrons. The summed E-state index contributed by atoms with van der Waals surface area (Å²) in [5.74, 6) is 0.636. The summed E-state index contributed by atoms with van der Waals surface area (Å²) in [6.07, 6.45) is 5.26. The molecule has 7 heteroatoms. The van der Waals surface area contributed by atoms with Gasteiger partial charge in [0.05, 0.1) is 31.6 Å². The van der Waals surface area contributed by atoms with Gasteiger partial charge in [0.2, 0.25) is 5.91 Å². The Morgan fingerprint density at radius 2 is 1.76 bits per heavy atom. The summed E-state index contributed by atoms with van der Waals surface area (Å²) in [5, 5.41) is 14.2. The smallest absolute Gasteiger partial charge is 0.276 e. The van der Waals surface area contributed by atoms with Crippen molar-refractivity contribution in [3.8, 4) is 11.5 Å². The summed E-state index contributed by atoms with van der Waals surface area (Å²) in [6.45, 7) is 0.306. The predicted octanol–water partition coefficient (Wildman–Crippen LogP) is 3.39. The number of carbonyl (C=O) groups excluding carboxylic acids is 1. The molecule has 0 unspecified atom stereocenters. The van der Waals surface area contributed by atoms with E-state index < -0.39 is 4.92 Å². The number of fused-ring (bicyclic) bond motifs is 1. The second-order valence-corrected chi connectivity index (χ2v) is 7.18. The number of rotatable bonds is 8. The van der Waals surface area contributed by atoms with E-state index in [0.29, 0.717) is 36.4 Å². The summed E-state index contributed by atoms with van der Waals surface area (Å²) in [7, 11) is 2.91. The monoisotopic (exact) mass is 398 g/mol. The molecule has 1 aliphatic carbocycles. The normalized spacial score (nSPS) is 12.8. The van der Waals surface area contributed by atoms with E-state index in [1.54, 1.807) is 6.07 Å². The molecular weight excluding hydrogens is 372 g/mol. The number of methoxy groups -OCH3 is 2. The molecule has 0 spiro atoms. The van der Waals surface area contributed by atoms with Crippen LogP contribution in [0.5, 0.6) is 11.5 Å². The first-order valence-corrected chi connectivity index (χ1v) is 9.78. The maximum atomic E-state index is 12.3. The lowest BCUT2D eigenvalue weighted by Gasteiger charge is -2.16. The molecule has 3 rings (SSSR count). The summed E-state index contributed by atoms with van der Waals surface area (Å²) in [5.41, 5.74) is 4.18. The van der Waals surface area contributed by atoms with Gasteiger partial charge in [-0.3, -0.25) is 14.9 Å². The minimum Gasteiger partial charge on any atom is -0.493 e. The molecule has 0 aliphatic heterocycles. The Bertz CT molecular complexity index is 910. The van der Waals surface area contributed by atoms with Crippen molar-refractivity contribution in [3.05, 3.63) is 62.7 Å². The molecule has 0 bridgehead atoms. The van der Waals surface area contributed by atoms with Gasteiger partial charge in [-0.05, 0) is 54.9 Å². The first-order chi connectivity index (χ1) is 14.0. The summed E-state index contributed by atoms with van der Waals surface area (Å²) in [6, 6.07) is 9.22. The second kappa shape index (κ2) is 9.41. The number of ether oxygens (including phenoxy) is 2. The minimum atomic E-state index is -0.452. The molecule has 1 amide bonds. The first kappa shape index (κ1) is 20.6. The van der Waals surface area contributed by atoms with Crippen molar-refractivity contribution in [3.63, 3.8) is 0 Å². The zero-order valence-electron chi connectivity index (χ0n) is 16.8. The number of hydrogen-bond donors (Lipinski definition) is 1. The third-order valence-corrected chi connectivity index (χ3v) is 5.28. The third kappa shape index (κ3) is 5.04. The Labute approximate surface area is 170 Å². The minimum absolute atomic E-state index is 0.0495. The van der Waals surface area contributed by atoms with Crippen molar-refractivity contribution >= 4 is 11.6 Å². The molecule has 154 valence electrons. The molecule has 2 aromatic rings. The fourth-order valence-corrected chi connectivity index (χ4v) is 3.76. The van der Waals surface area contributed by atoms with Crippen LogP contribution in [0.4, 0.5) is 5.69 Å². The number of nitro groups is 1. The molecule has 0 atom stereocenters. The number of carbonyl (C=O) groups is 1. The molecule has 0 saturated carbocycles. The fourth-order valence-electron chi connectivity index (χ4n) is 3.76. The molecule has 29 heavy (non-hydrogen) atoms. The van der Waals surface area contributed by atoms with Gasteiger partial charge < -0.3 is 14.8 Å². The summed E-state index contributed by atoms with van der Waals surface area (Å²) < 4.78 is 10.4. The molecule has 0 saturated heterocycles. The first-order valence-electron chi connectivity index (χ1n) is 9.78. The van der Waals surface area contributed by atoms with E-state index in [4.69, 9.17) is 9.47 Å². The van der Waals surface area contributed by atoms with E-state index >= 15 is 0 Å². The highest BCUT2D eigenvalue weighted by Crippen LogP contribution is 2.34. The van der Waals surface area contributed by atoms with Gasteiger partial charge in [0, 0.05) is 12.1 Å². The number of amides is 1. The van der Waals surface area contributed by atoms with Crippen LogP contribution in [0.3, 0.4) is 0 Å². The van der Waals surface area contributed by atoms with Gasteiger partial charge in [-0.1, -0.05) is 18.2 Å². The zero-order valence-corrected chi connectivity index (χ0v) is 16.8.